The lowest BCUT2D eigenvalue weighted by atomic mass is 9.87. The highest BCUT2D eigenvalue weighted by atomic mass is 32.1. The molecule has 3 N–H and O–H groups in total. The second-order valence-electron chi connectivity index (χ2n) is 10.6. The van der Waals surface area contributed by atoms with Crippen LogP contribution < -0.4 is 5.32 Å². The Morgan fingerprint density at radius 2 is 1.88 bits per heavy atom. The third-order valence-corrected chi connectivity index (χ3v) is 8.76. The number of nitrogens with zero attached hydrogens (tertiary/aromatic N) is 4. The van der Waals surface area contributed by atoms with Gasteiger partial charge in [0.2, 0.25) is 5.91 Å². The first kappa shape index (κ1) is 24.7. The number of thiophene rings is 1. The molecule has 8 nitrogen and oxygen atoms in total. The number of pyridine rings is 3. The molecule has 6 aromatic rings. The summed E-state index contributed by atoms with van der Waals surface area (Å²) in [7, 11) is 0. The van der Waals surface area contributed by atoms with E-state index in [2.05, 4.69) is 55.6 Å². The van der Waals surface area contributed by atoms with Crippen LogP contribution in [0.3, 0.4) is 0 Å². The number of aryl methyl sites for hydroxylation is 1. The van der Waals surface area contributed by atoms with Gasteiger partial charge in [-0.05, 0) is 62.1 Å². The third kappa shape index (κ3) is 4.77. The Morgan fingerprint density at radius 3 is 2.73 bits per heavy atom. The number of anilines is 1. The van der Waals surface area contributed by atoms with E-state index in [1.807, 2.05) is 30.6 Å². The second kappa shape index (κ2) is 10.3. The van der Waals surface area contributed by atoms with E-state index in [0.717, 1.165) is 63.0 Å². The molecule has 0 aliphatic heterocycles. The molecule has 0 radical (unpaired) electrons. The highest BCUT2D eigenvalue weighted by Crippen LogP contribution is 2.36. The monoisotopic (exact) mass is 547 g/mol. The molecule has 6 aromatic heterocycles. The maximum Gasteiger partial charge on any atom is 0.224 e. The normalized spacial score (nSPS) is 14.2. The summed E-state index contributed by atoms with van der Waals surface area (Å²) in [5.74, 6) is 0.538. The number of aromatic nitrogens is 6. The Balaban J connectivity index is 1.19. The molecule has 1 aliphatic rings. The average Bonchev–Trinajstić information content (AvgIpc) is 3.71. The molecule has 6 heterocycles. The van der Waals surface area contributed by atoms with E-state index in [9.17, 15) is 4.79 Å². The average molecular weight is 548 g/mol. The molecule has 0 bridgehead atoms. The van der Waals surface area contributed by atoms with Gasteiger partial charge in [-0.15, -0.1) is 11.3 Å². The first-order valence-electron chi connectivity index (χ1n) is 13.7. The van der Waals surface area contributed by atoms with Crippen molar-refractivity contribution in [3.05, 3.63) is 66.1 Å². The zero-order valence-electron chi connectivity index (χ0n) is 22.2. The molecule has 9 heteroatoms. The summed E-state index contributed by atoms with van der Waals surface area (Å²) in [6.07, 6.45) is 13.8. The Bertz CT molecular complexity index is 1840. The highest BCUT2D eigenvalue weighted by Gasteiger charge is 2.18. The first-order chi connectivity index (χ1) is 19.6. The molecule has 0 spiro atoms. The second-order valence-corrected chi connectivity index (χ2v) is 11.9. The van der Waals surface area contributed by atoms with E-state index in [1.165, 1.54) is 29.0 Å². The van der Waals surface area contributed by atoms with Crippen molar-refractivity contribution >= 4 is 44.9 Å². The molecule has 0 atom stereocenters. The lowest BCUT2D eigenvalue weighted by Gasteiger charge is -2.20. The Labute approximate surface area is 235 Å². The molecule has 0 unspecified atom stereocenters. The minimum absolute atomic E-state index is 0.0526. The maximum atomic E-state index is 12.7. The van der Waals surface area contributed by atoms with Crippen LogP contribution in [0.2, 0.25) is 0 Å². The molecule has 1 amide bonds. The molecule has 0 saturated heterocycles. The van der Waals surface area contributed by atoms with Gasteiger partial charge in [-0.25, -0.2) is 4.98 Å². The van der Waals surface area contributed by atoms with Gasteiger partial charge in [0.05, 0.1) is 40.5 Å². The quantitative estimate of drug-likeness (QED) is 0.200. The van der Waals surface area contributed by atoms with Crippen LogP contribution in [0.4, 0.5) is 5.69 Å². The first-order valence-corrected chi connectivity index (χ1v) is 14.6. The lowest BCUT2D eigenvalue weighted by Crippen LogP contribution is -2.18. The fourth-order valence-electron chi connectivity index (χ4n) is 5.72. The van der Waals surface area contributed by atoms with Crippen molar-refractivity contribution in [2.45, 2.75) is 45.4 Å². The molecule has 1 saturated carbocycles. The summed E-state index contributed by atoms with van der Waals surface area (Å²) >= 11 is 1.76. The van der Waals surface area contributed by atoms with Crippen molar-refractivity contribution in [3.8, 4) is 33.1 Å². The smallest absolute Gasteiger partial charge is 0.224 e. The minimum Gasteiger partial charge on any atom is -0.352 e. The summed E-state index contributed by atoms with van der Waals surface area (Å²) in [4.78, 5) is 32.4. The van der Waals surface area contributed by atoms with Gasteiger partial charge >= 0.3 is 0 Å². The van der Waals surface area contributed by atoms with Gasteiger partial charge in [0, 0.05) is 45.1 Å². The van der Waals surface area contributed by atoms with Crippen molar-refractivity contribution in [1.29, 1.82) is 0 Å². The number of carbonyl (C=O) groups excluding carboxylic acids is 1. The van der Waals surface area contributed by atoms with Crippen LogP contribution in [0.5, 0.6) is 0 Å². The van der Waals surface area contributed by atoms with E-state index in [0.29, 0.717) is 18.0 Å². The van der Waals surface area contributed by atoms with Crippen molar-refractivity contribution in [2.24, 2.45) is 5.92 Å². The van der Waals surface area contributed by atoms with Gasteiger partial charge in [-0.1, -0.05) is 19.3 Å². The summed E-state index contributed by atoms with van der Waals surface area (Å²) in [6.45, 7) is 2.11. The number of nitrogens with one attached hydrogen (secondary N) is 3. The Kier molecular flexibility index (Phi) is 6.36. The molecule has 0 aromatic carbocycles. The predicted octanol–water partition coefficient (Wildman–Crippen LogP) is 7.51. The molecular weight excluding hydrogens is 518 g/mol. The molecular formula is C31H29N7OS. The SMILES string of the molecule is Cc1ccc(-c2cncc3[nH]c(-c4n[nH]c5ccc(-c6cncc(NC(=O)CC7CCCCC7)c6)nc45)cc23)s1. The maximum absolute atomic E-state index is 12.7. The van der Waals surface area contributed by atoms with E-state index in [4.69, 9.17) is 4.98 Å². The fraction of sp³-hybridized carbons (Fsp3) is 0.258. The van der Waals surface area contributed by atoms with Gasteiger partial charge in [0.15, 0.2) is 0 Å². The largest absolute Gasteiger partial charge is 0.352 e. The van der Waals surface area contributed by atoms with Crippen LogP contribution in [0, 0.1) is 12.8 Å². The lowest BCUT2D eigenvalue weighted by molar-refractivity contribution is -0.117. The predicted molar refractivity (Wildman–Crippen MR) is 160 cm³/mol. The third-order valence-electron chi connectivity index (χ3n) is 7.73. The zero-order chi connectivity index (χ0) is 27.1. The number of carbonyl (C=O) groups is 1. The fourth-order valence-corrected chi connectivity index (χ4v) is 6.61. The summed E-state index contributed by atoms with van der Waals surface area (Å²) in [5, 5.41) is 11.9. The number of H-pyrrole nitrogens is 2. The standard InChI is InChI=1S/C31H29N7OS/c1-18-7-10-28(40-18)23-16-33-17-27-22(23)13-26(35-27)31-30-25(37-38-31)9-8-24(36-30)20-12-21(15-32-14-20)34-29(39)11-19-5-3-2-4-6-19/h7-10,12-17,19,35H,2-6,11H2,1H3,(H,34,39)(H,37,38). The van der Waals surface area contributed by atoms with Gasteiger partial charge in [0.1, 0.15) is 11.2 Å². The number of aromatic amines is 2. The van der Waals surface area contributed by atoms with E-state index < -0.39 is 0 Å². The zero-order valence-corrected chi connectivity index (χ0v) is 23.0. The molecule has 1 aliphatic carbocycles. The Morgan fingerprint density at radius 1 is 1.00 bits per heavy atom. The topological polar surface area (TPSA) is 112 Å². The van der Waals surface area contributed by atoms with Crippen LogP contribution in [-0.4, -0.2) is 36.0 Å². The van der Waals surface area contributed by atoms with Gasteiger partial charge in [0.25, 0.3) is 0 Å². The number of hydrogen-bond acceptors (Lipinski definition) is 6. The van der Waals surface area contributed by atoms with E-state index in [-0.39, 0.29) is 5.91 Å². The van der Waals surface area contributed by atoms with Crippen molar-refractivity contribution in [1.82, 2.24) is 30.1 Å². The molecule has 40 heavy (non-hydrogen) atoms. The molecule has 1 fully saturated rings. The van der Waals surface area contributed by atoms with Crippen LogP contribution in [-0.2, 0) is 4.79 Å². The van der Waals surface area contributed by atoms with Gasteiger partial charge in [-0.3, -0.25) is 19.9 Å². The van der Waals surface area contributed by atoms with E-state index in [1.54, 1.807) is 23.7 Å². The Hall–Kier alpha value is -4.37. The van der Waals surface area contributed by atoms with E-state index >= 15 is 0 Å². The van der Waals surface area contributed by atoms with Crippen molar-refractivity contribution < 1.29 is 4.79 Å². The number of fused-ring (bicyclic) bond motifs is 2. The number of hydrogen-bond donors (Lipinski definition) is 3. The minimum atomic E-state index is 0.0526. The highest BCUT2D eigenvalue weighted by molar-refractivity contribution is 7.15. The molecule has 7 rings (SSSR count). The van der Waals surface area contributed by atoms with Crippen LogP contribution in [0.25, 0.3) is 55.0 Å². The summed E-state index contributed by atoms with van der Waals surface area (Å²) < 4.78 is 0. The number of rotatable bonds is 6. The summed E-state index contributed by atoms with van der Waals surface area (Å²) in [6, 6.07) is 12.2. The van der Waals surface area contributed by atoms with Crippen molar-refractivity contribution in [2.75, 3.05) is 5.32 Å². The van der Waals surface area contributed by atoms with Crippen LogP contribution >= 0.6 is 11.3 Å². The summed E-state index contributed by atoms with van der Waals surface area (Å²) in [5.41, 5.74) is 7.55. The van der Waals surface area contributed by atoms with Crippen LogP contribution in [0.15, 0.2) is 61.2 Å². The van der Waals surface area contributed by atoms with Gasteiger partial charge < -0.3 is 10.3 Å². The van der Waals surface area contributed by atoms with Gasteiger partial charge in [-0.2, -0.15) is 5.10 Å². The molecule has 200 valence electrons. The van der Waals surface area contributed by atoms with Crippen molar-refractivity contribution in [3.63, 3.8) is 0 Å². The number of amides is 1. The van der Waals surface area contributed by atoms with Crippen LogP contribution in [0.1, 0.15) is 43.4 Å².